The molecule has 2 unspecified atom stereocenters. The van der Waals surface area contributed by atoms with E-state index >= 15 is 0 Å². The number of anilines is 1. The molecule has 4 rings (SSSR count). The standard InChI is InChI=1S/C17H17Cl2N3/c18-14-2-12(3-15(19)5-14)13-4-17(8-20-7-13)22-9-11-1-16(10-22)21-6-11/h2-5,7-8,11,16,21H,1,6,9-10H2. The van der Waals surface area contributed by atoms with Crippen molar-refractivity contribution in [2.75, 3.05) is 24.5 Å². The lowest BCUT2D eigenvalue weighted by Gasteiger charge is -2.32. The molecule has 3 heterocycles. The number of nitrogens with zero attached hydrogens (tertiary/aromatic N) is 2. The second-order valence-corrected chi connectivity index (χ2v) is 7.07. The normalized spacial score (nSPS) is 23.8. The number of halogens is 2. The molecule has 0 saturated carbocycles. The highest BCUT2D eigenvalue weighted by Crippen LogP contribution is 2.31. The summed E-state index contributed by atoms with van der Waals surface area (Å²) < 4.78 is 0. The Hall–Kier alpha value is -1.29. The zero-order valence-corrected chi connectivity index (χ0v) is 13.6. The lowest BCUT2D eigenvalue weighted by Crippen LogP contribution is -2.41. The van der Waals surface area contributed by atoms with Crippen molar-refractivity contribution in [1.29, 1.82) is 0 Å². The predicted molar refractivity (Wildman–Crippen MR) is 91.8 cm³/mol. The maximum Gasteiger partial charge on any atom is 0.0559 e. The average molecular weight is 334 g/mol. The van der Waals surface area contributed by atoms with Crippen LogP contribution in [0.25, 0.3) is 11.1 Å². The fourth-order valence-electron chi connectivity index (χ4n) is 3.52. The molecule has 2 bridgehead atoms. The molecule has 2 aromatic rings. The Bertz CT molecular complexity index is 672. The topological polar surface area (TPSA) is 28.2 Å². The van der Waals surface area contributed by atoms with Crippen molar-refractivity contribution in [3.05, 3.63) is 46.7 Å². The molecule has 1 aromatic carbocycles. The molecule has 0 aliphatic carbocycles. The number of rotatable bonds is 2. The number of hydrogen-bond donors (Lipinski definition) is 1. The van der Waals surface area contributed by atoms with Crippen LogP contribution in [-0.2, 0) is 0 Å². The summed E-state index contributed by atoms with van der Waals surface area (Å²) in [5, 5.41) is 4.88. The lowest BCUT2D eigenvalue weighted by atomic mass is 9.99. The van der Waals surface area contributed by atoms with Crippen LogP contribution in [0.15, 0.2) is 36.7 Å². The van der Waals surface area contributed by atoms with Gasteiger partial charge in [-0.2, -0.15) is 0 Å². The van der Waals surface area contributed by atoms with E-state index in [1.54, 1.807) is 6.07 Å². The third-order valence-corrected chi connectivity index (χ3v) is 4.95. The first-order chi connectivity index (χ1) is 10.7. The molecule has 0 spiro atoms. The van der Waals surface area contributed by atoms with Gasteiger partial charge in [0.1, 0.15) is 0 Å². The van der Waals surface area contributed by atoms with Gasteiger partial charge in [-0.1, -0.05) is 23.2 Å². The van der Waals surface area contributed by atoms with Gasteiger partial charge in [-0.05, 0) is 42.2 Å². The van der Waals surface area contributed by atoms with Crippen molar-refractivity contribution in [2.45, 2.75) is 12.5 Å². The van der Waals surface area contributed by atoms with Crippen LogP contribution < -0.4 is 10.2 Å². The van der Waals surface area contributed by atoms with Gasteiger partial charge in [-0.3, -0.25) is 4.98 Å². The summed E-state index contributed by atoms with van der Waals surface area (Å²) in [6.07, 6.45) is 5.11. The van der Waals surface area contributed by atoms with Crippen LogP contribution in [0.2, 0.25) is 10.0 Å². The molecule has 2 fully saturated rings. The Morgan fingerprint density at radius 2 is 1.82 bits per heavy atom. The molecule has 2 aliphatic heterocycles. The van der Waals surface area contributed by atoms with Gasteiger partial charge in [-0.15, -0.1) is 0 Å². The zero-order valence-electron chi connectivity index (χ0n) is 12.1. The second kappa shape index (κ2) is 5.73. The summed E-state index contributed by atoms with van der Waals surface area (Å²) in [4.78, 5) is 6.85. The first-order valence-electron chi connectivity index (χ1n) is 7.57. The van der Waals surface area contributed by atoms with E-state index in [1.165, 1.54) is 12.1 Å². The highest BCUT2D eigenvalue weighted by atomic mass is 35.5. The number of pyridine rings is 1. The average Bonchev–Trinajstić information content (AvgIpc) is 2.85. The van der Waals surface area contributed by atoms with Gasteiger partial charge in [0.2, 0.25) is 0 Å². The third-order valence-electron chi connectivity index (χ3n) is 4.52. The molecular weight excluding hydrogens is 317 g/mol. The van der Waals surface area contributed by atoms with Gasteiger partial charge < -0.3 is 10.2 Å². The van der Waals surface area contributed by atoms with Crippen LogP contribution in [0.3, 0.4) is 0 Å². The summed E-state index contributed by atoms with van der Waals surface area (Å²) in [5.74, 6) is 0.753. The molecule has 2 atom stereocenters. The Morgan fingerprint density at radius 1 is 1.00 bits per heavy atom. The summed E-state index contributed by atoms with van der Waals surface area (Å²) in [6, 6.07) is 8.39. The second-order valence-electron chi connectivity index (χ2n) is 6.20. The van der Waals surface area contributed by atoms with E-state index in [0.717, 1.165) is 36.7 Å². The van der Waals surface area contributed by atoms with Crippen LogP contribution in [0.5, 0.6) is 0 Å². The van der Waals surface area contributed by atoms with Crippen molar-refractivity contribution in [3.8, 4) is 11.1 Å². The molecular formula is C17H17Cl2N3. The van der Waals surface area contributed by atoms with Crippen LogP contribution in [0.4, 0.5) is 5.69 Å². The number of fused-ring (bicyclic) bond motifs is 2. The van der Waals surface area contributed by atoms with Crippen LogP contribution in [-0.4, -0.2) is 30.7 Å². The van der Waals surface area contributed by atoms with E-state index in [1.807, 2.05) is 24.5 Å². The van der Waals surface area contributed by atoms with Crippen LogP contribution in [0, 0.1) is 5.92 Å². The van der Waals surface area contributed by atoms with Gasteiger partial charge in [-0.25, -0.2) is 0 Å². The minimum atomic E-state index is 0.614. The fourth-order valence-corrected chi connectivity index (χ4v) is 4.05. The molecule has 0 radical (unpaired) electrons. The van der Waals surface area contributed by atoms with Crippen molar-refractivity contribution in [3.63, 3.8) is 0 Å². The molecule has 2 saturated heterocycles. The monoisotopic (exact) mass is 333 g/mol. The quantitative estimate of drug-likeness (QED) is 0.904. The SMILES string of the molecule is Clc1cc(Cl)cc(-c2cncc(N3CC4CNC(C4)C3)c2)c1. The maximum atomic E-state index is 6.11. The fraction of sp³-hybridized carbons (Fsp3) is 0.353. The van der Waals surface area contributed by atoms with E-state index < -0.39 is 0 Å². The molecule has 1 aromatic heterocycles. The molecule has 114 valence electrons. The Morgan fingerprint density at radius 3 is 2.59 bits per heavy atom. The van der Waals surface area contributed by atoms with E-state index in [2.05, 4.69) is 21.3 Å². The van der Waals surface area contributed by atoms with E-state index in [4.69, 9.17) is 23.2 Å². The third kappa shape index (κ3) is 2.81. The molecule has 1 N–H and O–H groups in total. The first-order valence-corrected chi connectivity index (χ1v) is 8.33. The molecule has 2 aliphatic rings. The number of nitrogens with one attached hydrogen (secondary N) is 1. The molecule has 3 nitrogen and oxygen atoms in total. The van der Waals surface area contributed by atoms with Crippen LogP contribution in [0.1, 0.15) is 6.42 Å². The number of hydrogen-bond acceptors (Lipinski definition) is 3. The summed E-state index contributed by atoms with van der Waals surface area (Å²) in [6.45, 7) is 3.29. The number of aromatic nitrogens is 1. The molecule has 22 heavy (non-hydrogen) atoms. The van der Waals surface area contributed by atoms with Gasteiger partial charge >= 0.3 is 0 Å². The zero-order chi connectivity index (χ0) is 15.1. The smallest absolute Gasteiger partial charge is 0.0559 e. The number of benzene rings is 1. The predicted octanol–water partition coefficient (Wildman–Crippen LogP) is 3.85. The Balaban J connectivity index is 1.65. The minimum Gasteiger partial charge on any atom is -0.368 e. The van der Waals surface area contributed by atoms with E-state index in [-0.39, 0.29) is 0 Å². The summed E-state index contributed by atoms with van der Waals surface area (Å²) in [7, 11) is 0. The van der Waals surface area contributed by atoms with E-state index in [0.29, 0.717) is 16.1 Å². The van der Waals surface area contributed by atoms with Crippen LogP contribution >= 0.6 is 23.2 Å². The number of piperidine rings is 1. The molecule has 5 heteroatoms. The van der Waals surface area contributed by atoms with Gasteiger partial charge in [0.15, 0.2) is 0 Å². The highest BCUT2D eigenvalue weighted by Gasteiger charge is 2.32. The van der Waals surface area contributed by atoms with E-state index in [9.17, 15) is 0 Å². The first kappa shape index (κ1) is 14.3. The molecule has 0 amide bonds. The van der Waals surface area contributed by atoms with Crippen molar-refractivity contribution < 1.29 is 0 Å². The Labute approximate surface area is 140 Å². The van der Waals surface area contributed by atoms with Crippen molar-refractivity contribution in [2.24, 2.45) is 5.92 Å². The summed E-state index contributed by atoms with van der Waals surface area (Å²) >= 11 is 12.2. The van der Waals surface area contributed by atoms with Gasteiger partial charge in [0.25, 0.3) is 0 Å². The Kier molecular flexibility index (Phi) is 3.73. The highest BCUT2D eigenvalue weighted by molar-refractivity contribution is 6.35. The maximum absolute atomic E-state index is 6.11. The van der Waals surface area contributed by atoms with Crippen molar-refractivity contribution in [1.82, 2.24) is 10.3 Å². The largest absolute Gasteiger partial charge is 0.368 e. The summed E-state index contributed by atoms with van der Waals surface area (Å²) in [5.41, 5.74) is 3.23. The van der Waals surface area contributed by atoms with Gasteiger partial charge in [0, 0.05) is 47.5 Å². The van der Waals surface area contributed by atoms with Gasteiger partial charge in [0.05, 0.1) is 11.9 Å². The minimum absolute atomic E-state index is 0.614. The lowest BCUT2D eigenvalue weighted by molar-refractivity contribution is 0.474. The van der Waals surface area contributed by atoms with Crippen molar-refractivity contribution >= 4 is 28.9 Å².